The second kappa shape index (κ2) is 4.95. The number of rotatable bonds is 3. The number of nitrogens with one attached hydrogen (secondary N) is 1. The molecular formula is C10H14ClN3O2. The van der Waals surface area contributed by atoms with Crippen LogP contribution in [0.4, 0.5) is 5.82 Å². The largest absolute Gasteiger partial charge is 0.388 e. The Morgan fingerprint density at radius 3 is 2.94 bits per heavy atom. The lowest BCUT2D eigenvalue weighted by atomic mass is 9.94. The Bertz CT molecular complexity index is 356. The fraction of sp³-hybridized carbons (Fsp3) is 0.600. The number of aromatic nitrogens is 2. The first-order valence-corrected chi connectivity index (χ1v) is 5.57. The number of aliphatic hydroxyl groups is 1. The molecular weight excluding hydrogens is 230 g/mol. The molecule has 5 nitrogen and oxygen atoms in total. The SMILES string of the molecule is OC1(CNc2ncncc2Cl)CCOCC1. The molecule has 2 rings (SSSR count). The highest BCUT2D eigenvalue weighted by molar-refractivity contribution is 6.32. The van der Waals surface area contributed by atoms with Crippen molar-refractivity contribution in [1.82, 2.24) is 9.97 Å². The smallest absolute Gasteiger partial charge is 0.148 e. The fourth-order valence-corrected chi connectivity index (χ4v) is 1.79. The van der Waals surface area contributed by atoms with E-state index >= 15 is 0 Å². The Morgan fingerprint density at radius 1 is 1.50 bits per heavy atom. The zero-order chi connectivity index (χ0) is 11.4. The van der Waals surface area contributed by atoms with Crippen molar-refractivity contribution in [2.45, 2.75) is 18.4 Å². The number of anilines is 1. The zero-order valence-electron chi connectivity index (χ0n) is 8.82. The van der Waals surface area contributed by atoms with E-state index in [1.54, 1.807) is 0 Å². The van der Waals surface area contributed by atoms with E-state index in [1.165, 1.54) is 12.5 Å². The predicted octanol–water partition coefficient (Wildman–Crippen LogP) is 1.08. The summed E-state index contributed by atoms with van der Waals surface area (Å²) in [5.41, 5.74) is -0.730. The second-order valence-electron chi connectivity index (χ2n) is 3.91. The average Bonchev–Trinajstić information content (AvgIpc) is 2.29. The molecule has 0 atom stereocenters. The highest BCUT2D eigenvalue weighted by atomic mass is 35.5. The molecule has 0 amide bonds. The summed E-state index contributed by atoms with van der Waals surface area (Å²) in [6.07, 6.45) is 4.19. The van der Waals surface area contributed by atoms with Gasteiger partial charge in [-0.3, -0.25) is 0 Å². The van der Waals surface area contributed by atoms with E-state index in [0.717, 1.165) is 0 Å². The van der Waals surface area contributed by atoms with Crippen LogP contribution in [0.2, 0.25) is 5.02 Å². The van der Waals surface area contributed by atoms with E-state index in [2.05, 4.69) is 15.3 Å². The van der Waals surface area contributed by atoms with Gasteiger partial charge in [-0.15, -0.1) is 0 Å². The van der Waals surface area contributed by atoms with E-state index in [4.69, 9.17) is 16.3 Å². The number of hydrogen-bond donors (Lipinski definition) is 2. The minimum atomic E-state index is -0.730. The summed E-state index contributed by atoms with van der Waals surface area (Å²) in [6.45, 7) is 1.61. The summed E-state index contributed by atoms with van der Waals surface area (Å²) in [5.74, 6) is 0.552. The van der Waals surface area contributed by atoms with Crippen LogP contribution in [0.5, 0.6) is 0 Å². The fourth-order valence-electron chi connectivity index (χ4n) is 1.62. The van der Waals surface area contributed by atoms with Crippen molar-refractivity contribution >= 4 is 17.4 Å². The van der Waals surface area contributed by atoms with Gasteiger partial charge < -0.3 is 15.2 Å². The quantitative estimate of drug-likeness (QED) is 0.832. The molecule has 0 bridgehead atoms. The van der Waals surface area contributed by atoms with Gasteiger partial charge in [0.2, 0.25) is 0 Å². The maximum absolute atomic E-state index is 10.2. The Balaban J connectivity index is 1.94. The molecule has 0 spiro atoms. The third-order valence-electron chi connectivity index (χ3n) is 2.68. The number of halogens is 1. The maximum Gasteiger partial charge on any atom is 0.148 e. The summed E-state index contributed by atoms with van der Waals surface area (Å²) in [5, 5.41) is 13.7. The van der Waals surface area contributed by atoms with Gasteiger partial charge in [-0.2, -0.15) is 0 Å². The van der Waals surface area contributed by atoms with Crippen LogP contribution < -0.4 is 5.32 Å². The Hall–Kier alpha value is -0.910. The normalized spacial score (nSPS) is 19.4. The monoisotopic (exact) mass is 243 g/mol. The van der Waals surface area contributed by atoms with Gasteiger partial charge in [0.15, 0.2) is 0 Å². The first-order chi connectivity index (χ1) is 7.70. The molecule has 1 saturated heterocycles. The maximum atomic E-state index is 10.2. The Labute approximate surface area is 98.8 Å². The van der Waals surface area contributed by atoms with Crippen LogP contribution in [0.15, 0.2) is 12.5 Å². The van der Waals surface area contributed by atoms with Crippen molar-refractivity contribution in [1.29, 1.82) is 0 Å². The predicted molar refractivity (Wildman–Crippen MR) is 60.5 cm³/mol. The van der Waals surface area contributed by atoms with Gasteiger partial charge in [0.1, 0.15) is 17.2 Å². The summed E-state index contributed by atoms with van der Waals surface area (Å²) < 4.78 is 5.20. The minimum absolute atomic E-state index is 0.424. The second-order valence-corrected chi connectivity index (χ2v) is 4.32. The van der Waals surface area contributed by atoms with E-state index < -0.39 is 5.60 Å². The molecule has 1 aromatic heterocycles. The highest BCUT2D eigenvalue weighted by Crippen LogP contribution is 2.22. The standard InChI is InChI=1S/C10H14ClN3O2/c11-8-5-12-7-14-9(8)13-6-10(15)1-3-16-4-2-10/h5,7,15H,1-4,6H2,(H,12,13,14). The van der Waals surface area contributed by atoms with Crippen LogP contribution in [0, 0.1) is 0 Å². The van der Waals surface area contributed by atoms with Gasteiger partial charge in [0.05, 0.1) is 11.8 Å². The van der Waals surface area contributed by atoms with E-state index in [9.17, 15) is 5.11 Å². The summed E-state index contributed by atoms with van der Waals surface area (Å²) in [4.78, 5) is 7.79. The molecule has 6 heteroatoms. The Kier molecular flexibility index (Phi) is 3.58. The lowest BCUT2D eigenvalue weighted by molar-refractivity contribution is -0.0543. The molecule has 0 radical (unpaired) electrons. The molecule has 0 saturated carbocycles. The van der Waals surface area contributed by atoms with Gasteiger partial charge >= 0.3 is 0 Å². The molecule has 0 aromatic carbocycles. The highest BCUT2D eigenvalue weighted by Gasteiger charge is 2.29. The number of ether oxygens (including phenoxy) is 1. The number of nitrogens with zero attached hydrogens (tertiary/aromatic N) is 2. The summed E-state index contributed by atoms with van der Waals surface area (Å²) in [7, 11) is 0. The van der Waals surface area contributed by atoms with Gasteiger partial charge in [-0.25, -0.2) is 9.97 Å². The van der Waals surface area contributed by atoms with Crippen molar-refractivity contribution in [2.24, 2.45) is 0 Å². The Morgan fingerprint density at radius 2 is 2.25 bits per heavy atom. The number of hydrogen-bond acceptors (Lipinski definition) is 5. The molecule has 0 unspecified atom stereocenters. The first kappa shape index (κ1) is 11.6. The molecule has 1 fully saturated rings. The molecule has 1 aliphatic rings. The van der Waals surface area contributed by atoms with Crippen molar-refractivity contribution in [3.8, 4) is 0 Å². The minimum Gasteiger partial charge on any atom is -0.388 e. The van der Waals surface area contributed by atoms with E-state index in [-0.39, 0.29) is 0 Å². The van der Waals surface area contributed by atoms with Crippen LogP contribution >= 0.6 is 11.6 Å². The van der Waals surface area contributed by atoms with Gasteiger partial charge in [-0.05, 0) is 0 Å². The van der Waals surface area contributed by atoms with Gasteiger partial charge in [0.25, 0.3) is 0 Å². The third-order valence-corrected chi connectivity index (χ3v) is 2.95. The van der Waals surface area contributed by atoms with Crippen LogP contribution in [-0.2, 0) is 4.74 Å². The molecule has 2 heterocycles. The van der Waals surface area contributed by atoms with E-state index in [1.807, 2.05) is 0 Å². The van der Waals surface area contributed by atoms with Crippen LogP contribution in [-0.4, -0.2) is 40.4 Å². The lowest BCUT2D eigenvalue weighted by Crippen LogP contribution is -2.42. The van der Waals surface area contributed by atoms with Crippen molar-refractivity contribution in [2.75, 3.05) is 25.1 Å². The lowest BCUT2D eigenvalue weighted by Gasteiger charge is -2.32. The van der Waals surface area contributed by atoms with Gasteiger partial charge in [0, 0.05) is 32.6 Å². The zero-order valence-corrected chi connectivity index (χ0v) is 9.57. The van der Waals surface area contributed by atoms with Crippen LogP contribution in [0.3, 0.4) is 0 Å². The molecule has 1 aromatic rings. The van der Waals surface area contributed by atoms with Crippen molar-refractivity contribution in [3.05, 3.63) is 17.5 Å². The summed E-state index contributed by atoms with van der Waals surface area (Å²) in [6, 6.07) is 0. The molecule has 2 N–H and O–H groups in total. The topological polar surface area (TPSA) is 67.3 Å². The van der Waals surface area contributed by atoms with Crippen molar-refractivity contribution < 1.29 is 9.84 Å². The molecule has 1 aliphatic heterocycles. The molecule has 0 aliphatic carbocycles. The van der Waals surface area contributed by atoms with Gasteiger partial charge in [-0.1, -0.05) is 11.6 Å². The van der Waals surface area contributed by atoms with Crippen molar-refractivity contribution in [3.63, 3.8) is 0 Å². The molecule has 16 heavy (non-hydrogen) atoms. The third kappa shape index (κ3) is 2.81. The van der Waals surface area contributed by atoms with Crippen LogP contribution in [0.1, 0.15) is 12.8 Å². The average molecular weight is 244 g/mol. The molecule has 88 valence electrons. The van der Waals surface area contributed by atoms with E-state index in [0.29, 0.717) is 43.4 Å². The summed E-state index contributed by atoms with van der Waals surface area (Å²) >= 11 is 5.89. The first-order valence-electron chi connectivity index (χ1n) is 5.19. The van der Waals surface area contributed by atoms with Crippen LogP contribution in [0.25, 0.3) is 0 Å².